The number of carbonyl (C=O) groups is 2. The van der Waals surface area contributed by atoms with Crippen molar-refractivity contribution < 1.29 is 14.3 Å². The summed E-state index contributed by atoms with van der Waals surface area (Å²) in [6.07, 6.45) is 1.38. The molecule has 144 valence electrons. The Labute approximate surface area is 167 Å². The van der Waals surface area contributed by atoms with Gasteiger partial charge in [0.1, 0.15) is 18.1 Å². The summed E-state index contributed by atoms with van der Waals surface area (Å²) in [5, 5.41) is 7.28. The predicted octanol–water partition coefficient (Wildman–Crippen LogP) is 3.31. The summed E-state index contributed by atoms with van der Waals surface area (Å²) >= 11 is 6.01. The van der Waals surface area contributed by atoms with Crippen molar-refractivity contribution in [1.29, 1.82) is 0 Å². The summed E-state index contributed by atoms with van der Waals surface area (Å²) in [6, 6.07) is 12.4. The largest absolute Gasteiger partial charge is 0.489 e. The first-order valence-electron chi connectivity index (χ1n) is 8.46. The summed E-state index contributed by atoms with van der Waals surface area (Å²) in [7, 11) is 1.58. The van der Waals surface area contributed by atoms with Gasteiger partial charge in [-0.2, -0.15) is 5.10 Å². The van der Waals surface area contributed by atoms with Crippen molar-refractivity contribution >= 4 is 29.1 Å². The maximum absolute atomic E-state index is 12.4. The van der Waals surface area contributed by atoms with E-state index in [1.807, 2.05) is 13.0 Å². The number of anilines is 1. The molecule has 8 heteroatoms. The second kappa shape index (κ2) is 8.14. The molecular formula is C20H19ClN4O3. The van der Waals surface area contributed by atoms with Gasteiger partial charge in [-0.25, -0.2) is 0 Å². The molecule has 0 aliphatic carbocycles. The van der Waals surface area contributed by atoms with Gasteiger partial charge in [0, 0.05) is 17.6 Å². The Hall–Kier alpha value is -3.32. The zero-order valence-corrected chi connectivity index (χ0v) is 16.2. The highest BCUT2D eigenvalue weighted by atomic mass is 35.5. The van der Waals surface area contributed by atoms with Gasteiger partial charge in [0.15, 0.2) is 0 Å². The number of rotatable bonds is 6. The van der Waals surface area contributed by atoms with Crippen LogP contribution < -0.4 is 15.8 Å². The number of primary amides is 1. The summed E-state index contributed by atoms with van der Waals surface area (Å²) < 4.78 is 7.06. The van der Waals surface area contributed by atoms with Crippen LogP contribution in [-0.4, -0.2) is 21.6 Å². The number of amides is 2. The third kappa shape index (κ3) is 4.32. The van der Waals surface area contributed by atoms with Crippen molar-refractivity contribution in [3.05, 3.63) is 76.1 Å². The number of hydrogen-bond donors (Lipinski definition) is 2. The molecule has 0 spiro atoms. The van der Waals surface area contributed by atoms with Crippen LogP contribution in [-0.2, 0) is 13.7 Å². The molecule has 3 aromatic rings. The van der Waals surface area contributed by atoms with Gasteiger partial charge in [-0.15, -0.1) is 0 Å². The SMILES string of the molecule is Cc1cc(OCc2ccc(C(=O)Nc3cnn(C)c3C(N)=O)cc2)ccc1Cl. The molecular weight excluding hydrogens is 380 g/mol. The lowest BCUT2D eigenvalue weighted by Gasteiger charge is -2.09. The van der Waals surface area contributed by atoms with Gasteiger partial charge < -0.3 is 15.8 Å². The van der Waals surface area contributed by atoms with E-state index >= 15 is 0 Å². The van der Waals surface area contributed by atoms with Gasteiger partial charge in [0.05, 0.1) is 11.9 Å². The van der Waals surface area contributed by atoms with Crippen LogP contribution in [0.4, 0.5) is 5.69 Å². The molecule has 1 aromatic heterocycles. The summed E-state index contributed by atoms with van der Waals surface area (Å²) in [5.74, 6) is -0.309. The standard InChI is InChI=1S/C20H19ClN4O3/c1-12-9-15(7-8-16(12)21)28-11-13-3-5-14(6-4-13)20(27)24-17-10-23-25(2)18(17)19(22)26/h3-10H,11H2,1-2H3,(H2,22,26)(H,24,27). The molecule has 3 N–H and O–H groups in total. The highest BCUT2D eigenvalue weighted by molar-refractivity contribution is 6.31. The first kappa shape index (κ1) is 19.4. The maximum atomic E-state index is 12.4. The van der Waals surface area contributed by atoms with E-state index in [4.69, 9.17) is 22.1 Å². The first-order valence-corrected chi connectivity index (χ1v) is 8.84. The second-order valence-corrected chi connectivity index (χ2v) is 6.65. The van der Waals surface area contributed by atoms with Crippen molar-refractivity contribution in [2.75, 3.05) is 5.32 Å². The predicted molar refractivity (Wildman–Crippen MR) is 107 cm³/mol. The van der Waals surface area contributed by atoms with E-state index in [2.05, 4.69) is 10.4 Å². The lowest BCUT2D eigenvalue weighted by molar-refractivity contribution is 0.0992. The number of nitrogens with two attached hydrogens (primary N) is 1. The first-order chi connectivity index (χ1) is 13.3. The van der Waals surface area contributed by atoms with Crippen molar-refractivity contribution in [2.45, 2.75) is 13.5 Å². The van der Waals surface area contributed by atoms with Gasteiger partial charge in [0.2, 0.25) is 0 Å². The van der Waals surface area contributed by atoms with E-state index in [0.29, 0.717) is 17.2 Å². The molecule has 0 radical (unpaired) electrons. The van der Waals surface area contributed by atoms with E-state index in [0.717, 1.165) is 16.9 Å². The number of hydrogen-bond acceptors (Lipinski definition) is 4. The average Bonchev–Trinajstić information content (AvgIpc) is 3.03. The molecule has 0 aliphatic heterocycles. The van der Waals surface area contributed by atoms with E-state index < -0.39 is 5.91 Å². The van der Waals surface area contributed by atoms with Crippen LogP contribution in [0.3, 0.4) is 0 Å². The van der Waals surface area contributed by atoms with E-state index in [1.165, 1.54) is 10.9 Å². The molecule has 2 aromatic carbocycles. The van der Waals surface area contributed by atoms with Crippen LogP contribution in [0.25, 0.3) is 0 Å². The Morgan fingerprint density at radius 3 is 2.57 bits per heavy atom. The Morgan fingerprint density at radius 1 is 1.21 bits per heavy atom. The molecule has 0 saturated carbocycles. The van der Waals surface area contributed by atoms with Gasteiger partial charge >= 0.3 is 0 Å². The summed E-state index contributed by atoms with van der Waals surface area (Å²) in [4.78, 5) is 23.9. The maximum Gasteiger partial charge on any atom is 0.269 e. The number of carbonyl (C=O) groups excluding carboxylic acids is 2. The zero-order valence-electron chi connectivity index (χ0n) is 15.4. The highest BCUT2D eigenvalue weighted by Gasteiger charge is 2.16. The van der Waals surface area contributed by atoms with Gasteiger partial charge in [-0.05, 0) is 48.4 Å². The minimum absolute atomic E-state index is 0.136. The number of nitrogens with zero attached hydrogens (tertiary/aromatic N) is 2. The Bertz CT molecular complexity index is 1030. The van der Waals surface area contributed by atoms with Crippen LogP contribution in [0, 0.1) is 6.92 Å². The normalized spacial score (nSPS) is 10.5. The second-order valence-electron chi connectivity index (χ2n) is 6.25. The monoisotopic (exact) mass is 398 g/mol. The third-order valence-electron chi connectivity index (χ3n) is 4.17. The molecule has 0 saturated heterocycles. The Kier molecular flexibility index (Phi) is 5.65. The molecule has 1 heterocycles. The summed E-state index contributed by atoms with van der Waals surface area (Å²) in [6.45, 7) is 2.27. The van der Waals surface area contributed by atoms with Crippen LogP contribution >= 0.6 is 11.6 Å². The lowest BCUT2D eigenvalue weighted by atomic mass is 10.1. The smallest absolute Gasteiger partial charge is 0.269 e. The van der Waals surface area contributed by atoms with Crippen LogP contribution in [0.2, 0.25) is 5.02 Å². The van der Waals surface area contributed by atoms with Crippen molar-refractivity contribution in [3.63, 3.8) is 0 Å². The number of nitrogens with one attached hydrogen (secondary N) is 1. The number of benzene rings is 2. The average molecular weight is 399 g/mol. The molecule has 0 fully saturated rings. The fourth-order valence-corrected chi connectivity index (χ4v) is 2.76. The third-order valence-corrected chi connectivity index (χ3v) is 4.60. The summed E-state index contributed by atoms with van der Waals surface area (Å²) in [5.41, 5.74) is 8.01. The van der Waals surface area contributed by atoms with E-state index in [-0.39, 0.29) is 17.3 Å². The lowest BCUT2D eigenvalue weighted by Crippen LogP contribution is -2.20. The minimum Gasteiger partial charge on any atom is -0.489 e. The topological polar surface area (TPSA) is 99.2 Å². The highest BCUT2D eigenvalue weighted by Crippen LogP contribution is 2.22. The van der Waals surface area contributed by atoms with Crippen molar-refractivity contribution in [3.8, 4) is 5.75 Å². The molecule has 7 nitrogen and oxygen atoms in total. The zero-order chi connectivity index (χ0) is 20.3. The van der Waals surface area contributed by atoms with Gasteiger partial charge in [-0.3, -0.25) is 14.3 Å². The van der Waals surface area contributed by atoms with E-state index in [1.54, 1.807) is 43.4 Å². The van der Waals surface area contributed by atoms with Crippen LogP contribution in [0.15, 0.2) is 48.7 Å². The minimum atomic E-state index is -0.666. The molecule has 0 aliphatic rings. The van der Waals surface area contributed by atoms with E-state index in [9.17, 15) is 9.59 Å². The van der Waals surface area contributed by atoms with Crippen molar-refractivity contribution in [2.24, 2.45) is 12.8 Å². The fraction of sp³-hybridized carbons (Fsp3) is 0.150. The fourth-order valence-electron chi connectivity index (χ4n) is 2.64. The van der Waals surface area contributed by atoms with Crippen LogP contribution in [0.1, 0.15) is 32.0 Å². The van der Waals surface area contributed by atoms with Gasteiger partial charge in [-0.1, -0.05) is 23.7 Å². The molecule has 3 rings (SSSR count). The number of aryl methyl sites for hydroxylation is 2. The molecule has 0 atom stereocenters. The Balaban J connectivity index is 1.64. The Morgan fingerprint density at radius 2 is 1.93 bits per heavy atom. The van der Waals surface area contributed by atoms with Crippen molar-refractivity contribution in [1.82, 2.24) is 9.78 Å². The number of aromatic nitrogens is 2. The molecule has 28 heavy (non-hydrogen) atoms. The number of ether oxygens (including phenoxy) is 1. The molecule has 0 unspecified atom stereocenters. The van der Waals surface area contributed by atoms with Gasteiger partial charge in [0.25, 0.3) is 11.8 Å². The molecule has 0 bridgehead atoms. The number of halogens is 1. The van der Waals surface area contributed by atoms with Crippen LogP contribution in [0.5, 0.6) is 5.75 Å². The molecule has 2 amide bonds. The quantitative estimate of drug-likeness (QED) is 0.665.